The Morgan fingerprint density at radius 3 is 2.42 bits per heavy atom. The third kappa shape index (κ3) is 4.91. The molecular weight excluding hydrogens is 436 g/mol. The maximum Gasteiger partial charge on any atom is 0.240 e. The fourth-order valence-corrected chi connectivity index (χ4v) is 4.67. The lowest BCUT2D eigenvalue weighted by Gasteiger charge is -2.19. The Hall–Kier alpha value is -3.23. The lowest BCUT2D eigenvalue weighted by atomic mass is 9.87. The average Bonchev–Trinajstić information content (AvgIpc) is 3.15. The van der Waals surface area contributed by atoms with E-state index in [2.05, 4.69) is 35.5 Å². The Labute approximate surface area is 194 Å². The van der Waals surface area contributed by atoms with Gasteiger partial charge in [0.2, 0.25) is 10.0 Å². The van der Waals surface area contributed by atoms with Gasteiger partial charge in [-0.3, -0.25) is 0 Å². The molecule has 4 rings (SSSR count). The molecule has 0 unspecified atom stereocenters. The molecule has 172 valence electrons. The second-order valence-corrected chi connectivity index (χ2v) is 10.6. The number of nitrogens with one attached hydrogen (secondary N) is 1. The van der Waals surface area contributed by atoms with E-state index in [-0.39, 0.29) is 16.9 Å². The molecule has 2 heterocycles. The molecule has 0 aliphatic carbocycles. The number of fused-ring (bicyclic) bond motifs is 1. The van der Waals surface area contributed by atoms with E-state index < -0.39 is 10.0 Å². The fourth-order valence-electron chi connectivity index (χ4n) is 3.69. The first-order valence-electron chi connectivity index (χ1n) is 10.7. The van der Waals surface area contributed by atoms with Crippen LogP contribution in [0.25, 0.3) is 11.2 Å². The van der Waals surface area contributed by atoms with Gasteiger partial charge in [-0.15, -0.1) is 0 Å². The molecule has 0 fully saturated rings. The van der Waals surface area contributed by atoms with Gasteiger partial charge in [-0.1, -0.05) is 51.1 Å². The van der Waals surface area contributed by atoms with Gasteiger partial charge in [0.25, 0.3) is 0 Å². The summed E-state index contributed by atoms with van der Waals surface area (Å²) in [5.74, 6) is 1.32. The molecule has 2 aromatic carbocycles. The van der Waals surface area contributed by atoms with E-state index in [0.29, 0.717) is 23.5 Å². The highest BCUT2D eigenvalue weighted by atomic mass is 32.2. The van der Waals surface area contributed by atoms with Gasteiger partial charge in [-0.05, 0) is 41.3 Å². The highest BCUT2D eigenvalue weighted by Crippen LogP contribution is 2.24. The number of benzene rings is 2. The molecule has 2 aromatic heterocycles. The summed E-state index contributed by atoms with van der Waals surface area (Å²) in [6.45, 7) is 6.77. The highest BCUT2D eigenvalue weighted by molar-refractivity contribution is 7.89. The third-order valence-electron chi connectivity index (χ3n) is 5.55. The van der Waals surface area contributed by atoms with E-state index in [4.69, 9.17) is 4.74 Å². The Balaban J connectivity index is 1.63. The summed E-state index contributed by atoms with van der Waals surface area (Å²) in [7, 11) is -2.08. The number of hydrogen-bond donors (Lipinski definition) is 1. The molecule has 0 aliphatic heterocycles. The van der Waals surface area contributed by atoms with Crippen molar-refractivity contribution in [3.05, 3.63) is 83.8 Å². The number of hydrogen-bond acceptors (Lipinski definition) is 5. The van der Waals surface area contributed by atoms with Crippen LogP contribution in [-0.2, 0) is 28.5 Å². The van der Waals surface area contributed by atoms with Crippen LogP contribution in [0.4, 0.5) is 0 Å². The second-order valence-electron chi connectivity index (χ2n) is 8.87. The smallest absolute Gasteiger partial charge is 0.240 e. The molecular formula is C25H28N4O3S. The van der Waals surface area contributed by atoms with Crippen LogP contribution >= 0.6 is 0 Å². The van der Waals surface area contributed by atoms with Gasteiger partial charge in [-0.2, -0.15) is 0 Å². The number of nitrogens with zero attached hydrogens (tertiary/aromatic N) is 3. The van der Waals surface area contributed by atoms with E-state index in [1.54, 1.807) is 25.4 Å². The molecule has 4 aromatic rings. The predicted molar refractivity (Wildman–Crippen MR) is 129 cm³/mol. The lowest BCUT2D eigenvalue weighted by molar-refractivity contribution is 0.408. The van der Waals surface area contributed by atoms with Gasteiger partial charge in [0, 0.05) is 11.8 Å². The molecule has 0 radical (unpaired) electrons. The summed E-state index contributed by atoms with van der Waals surface area (Å²) in [5.41, 5.74) is 3.37. The van der Waals surface area contributed by atoms with Crippen LogP contribution in [0.2, 0.25) is 0 Å². The first kappa shape index (κ1) is 22.9. The Kier molecular flexibility index (Phi) is 6.23. The van der Waals surface area contributed by atoms with Gasteiger partial charge < -0.3 is 9.30 Å². The minimum absolute atomic E-state index is 0.0366. The molecule has 1 N–H and O–H groups in total. The first-order valence-corrected chi connectivity index (χ1v) is 12.2. The molecule has 0 aliphatic rings. The molecule has 0 amide bonds. The Bertz CT molecular complexity index is 1370. The molecule has 0 spiro atoms. The van der Waals surface area contributed by atoms with Crippen LogP contribution in [0.1, 0.15) is 37.7 Å². The van der Waals surface area contributed by atoms with Crippen molar-refractivity contribution < 1.29 is 13.2 Å². The minimum atomic E-state index is -3.71. The summed E-state index contributed by atoms with van der Waals surface area (Å²) in [5, 5.41) is 0. The fraction of sp³-hybridized carbons (Fsp3) is 0.280. The van der Waals surface area contributed by atoms with Crippen LogP contribution in [0.15, 0.2) is 71.8 Å². The zero-order valence-electron chi connectivity index (χ0n) is 19.2. The summed E-state index contributed by atoms with van der Waals surface area (Å²) >= 11 is 0. The van der Waals surface area contributed by atoms with Gasteiger partial charge in [0.05, 0.1) is 25.1 Å². The first-order chi connectivity index (χ1) is 15.7. The van der Waals surface area contributed by atoms with Crippen molar-refractivity contribution in [3.63, 3.8) is 0 Å². The number of aromatic nitrogens is 3. The van der Waals surface area contributed by atoms with Crippen molar-refractivity contribution in [3.8, 4) is 5.75 Å². The van der Waals surface area contributed by atoms with Crippen LogP contribution in [0.3, 0.4) is 0 Å². The second kappa shape index (κ2) is 8.96. The molecule has 0 saturated carbocycles. The van der Waals surface area contributed by atoms with Gasteiger partial charge in [-0.25, -0.2) is 23.1 Å². The van der Waals surface area contributed by atoms with E-state index in [1.165, 1.54) is 0 Å². The van der Waals surface area contributed by atoms with Crippen molar-refractivity contribution >= 4 is 21.2 Å². The SMILES string of the molecule is COc1ccccc1Cn1c(CNS(=O)(=O)c2ccc(C(C)(C)C)cc2)nc2cccnc21. The molecule has 0 atom stereocenters. The predicted octanol–water partition coefficient (Wildman–Crippen LogP) is 4.26. The van der Waals surface area contributed by atoms with Gasteiger partial charge in [0.1, 0.15) is 17.1 Å². The minimum Gasteiger partial charge on any atom is -0.496 e. The molecule has 8 heteroatoms. The molecule has 33 heavy (non-hydrogen) atoms. The quantitative estimate of drug-likeness (QED) is 0.442. The molecule has 0 bridgehead atoms. The topological polar surface area (TPSA) is 86.1 Å². The van der Waals surface area contributed by atoms with Crippen molar-refractivity contribution in [1.29, 1.82) is 0 Å². The van der Waals surface area contributed by atoms with E-state index in [9.17, 15) is 8.42 Å². The number of rotatable bonds is 7. The van der Waals surface area contributed by atoms with Crippen molar-refractivity contribution in [2.45, 2.75) is 44.2 Å². The third-order valence-corrected chi connectivity index (χ3v) is 6.97. The van der Waals surface area contributed by atoms with E-state index in [0.717, 1.165) is 16.9 Å². The number of sulfonamides is 1. The standard InChI is InChI=1S/C25H28N4O3S/c1-25(2,3)19-11-13-20(14-12-19)33(30,31)27-16-23-28-21-9-7-15-26-24(21)29(23)17-18-8-5-6-10-22(18)32-4/h5-15,27H,16-17H2,1-4H3. The number of methoxy groups -OCH3 is 1. The van der Waals surface area contributed by atoms with Crippen molar-refractivity contribution in [1.82, 2.24) is 19.3 Å². The molecule has 7 nitrogen and oxygen atoms in total. The molecule has 0 saturated heterocycles. The zero-order valence-corrected chi connectivity index (χ0v) is 20.1. The normalized spacial score (nSPS) is 12.2. The van der Waals surface area contributed by atoms with Crippen LogP contribution in [-0.4, -0.2) is 30.1 Å². The summed E-state index contributed by atoms with van der Waals surface area (Å²) in [4.78, 5) is 9.33. The summed E-state index contributed by atoms with van der Waals surface area (Å²) < 4.78 is 36.0. The Morgan fingerprint density at radius 2 is 1.73 bits per heavy atom. The van der Waals surface area contributed by atoms with Crippen LogP contribution < -0.4 is 9.46 Å². The number of pyridine rings is 1. The average molecular weight is 465 g/mol. The van der Waals surface area contributed by atoms with Gasteiger partial charge >= 0.3 is 0 Å². The maximum atomic E-state index is 13.0. The van der Waals surface area contributed by atoms with E-state index in [1.807, 2.05) is 53.1 Å². The summed E-state index contributed by atoms with van der Waals surface area (Å²) in [6, 6.07) is 18.4. The number of ether oxygens (including phenoxy) is 1. The van der Waals surface area contributed by atoms with Crippen molar-refractivity contribution in [2.24, 2.45) is 0 Å². The summed E-state index contributed by atoms with van der Waals surface area (Å²) in [6.07, 6.45) is 1.70. The number of para-hydroxylation sites is 1. The largest absolute Gasteiger partial charge is 0.496 e. The van der Waals surface area contributed by atoms with Crippen LogP contribution in [0.5, 0.6) is 5.75 Å². The zero-order chi connectivity index (χ0) is 23.6. The highest BCUT2D eigenvalue weighted by Gasteiger charge is 2.20. The van der Waals surface area contributed by atoms with Gasteiger partial charge in [0.15, 0.2) is 5.65 Å². The lowest BCUT2D eigenvalue weighted by Crippen LogP contribution is -2.25. The maximum absolute atomic E-state index is 13.0. The van der Waals surface area contributed by atoms with Crippen LogP contribution in [0, 0.1) is 0 Å². The monoisotopic (exact) mass is 464 g/mol. The van der Waals surface area contributed by atoms with Crippen molar-refractivity contribution in [2.75, 3.05) is 7.11 Å². The van der Waals surface area contributed by atoms with E-state index >= 15 is 0 Å². The Morgan fingerprint density at radius 1 is 1.00 bits per heavy atom. The number of imidazole rings is 1.